The third-order valence-electron chi connectivity index (χ3n) is 2.54. The van der Waals surface area contributed by atoms with Gasteiger partial charge in [-0.1, -0.05) is 24.8 Å². The minimum atomic E-state index is 0.546. The highest BCUT2D eigenvalue weighted by Crippen LogP contribution is 2.19. The Labute approximate surface area is 126 Å². The number of rotatable bonds is 7. The molecule has 2 rings (SSSR count). The van der Waals surface area contributed by atoms with Crippen molar-refractivity contribution >= 4 is 27.3 Å². The third kappa shape index (κ3) is 4.82. The van der Waals surface area contributed by atoms with Crippen molar-refractivity contribution in [2.45, 2.75) is 13.1 Å². The Morgan fingerprint density at radius 2 is 2.05 bits per heavy atom. The van der Waals surface area contributed by atoms with E-state index in [9.17, 15) is 0 Å². The number of ether oxygens (including phenoxy) is 1. The summed E-state index contributed by atoms with van der Waals surface area (Å²) in [5, 5.41) is 5.53. The van der Waals surface area contributed by atoms with Crippen LogP contribution in [0.2, 0.25) is 0 Å². The van der Waals surface area contributed by atoms with E-state index in [0.29, 0.717) is 6.61 Å². The summed E-state index contributed by atoms with van der Waals surface area (Å²) in [5.41, 5.74) is 1.25. The van der Waals surface area contributed by atoms with Gasteiger partial charge in [0.15, 0.2) is 0 Å². The number of halogens is 1. The zero-order valence-electron chi connectivity index (χ0n) is 10.6. The molecule has 0 atom stereocenters. The van der Waals surface area contributed by atoms with E-state index in [2.05, 4.69) is 51.4 Å². The van der Waals surface area contributed by atoms with Crippen LogP contribution in [-0.2, 0) is 13.1 Å². The summed E-state index contributed by atoms with van der Waals surface area (Å²) in [4.78, 5) is 1.33. The fraction of sp³-hybridized carbons (Fsp3) is 0.200. The molecule has 0 saturated carbocycles. The molecule has 4 heteroatoms. The molecule has 0 radical (unpaired) electrons. The van der Waals surface area contributed by atoms with Crippen molar-refractivity contribution < 1.29 is 4.74 Å². The Hall–Kier alpha value is -1.10. The van der Waals surface area contributed by atoms with Crippen molar-refractivity contribution in [3.63, 3.8) is 0 Å². The third-order valence-corrected chi connectivity index (χ3v) is 4.24. The number of thiophene rings is 1. The van der Waals surface area contributed by atoms with Gasteiger partial charge in [-0.25, -0.2) is 0 Å². The molecule has 0 aliphatic carbocycles. The van der Waals surface area contributed by atoms with E-state index in [1.165, 1.54) is 10.4 Å². The second kappa shape index (κ2) is 7.48. The van der Waals surface area contributed by atoms with Crippen LogP contribution in [0.3, 0.4) is 0 Å². The second-order valence-electron chi connectivity index (χ2n) is 4.08. The molecule has 1 aromatic heterocycles. The average Bonchev–Trinajstić information content (AvgIpc) is 2.84. The molecule has 0 aliphatic rings. The molecular weight excluding hydrogens is 322 g/mol. The maximum absolute atomic E-state index is 5.44. The van der Waals surface area contributed by atoms with Crippen LogP contribution in [0.5, 0.6) is 5.75 Å². The summed E-state index contributed by atoms with van der Waals surface area (Å²) in [7, 11) is 0. The molecule has 0 saturated heterocycles. The first-order valence-electron chi connectivity index (χ1n) is 6.04. The highest BCUT2D eigenvalue weighted by atomic mass is 79.9. The summed E-state index contributed by atoms with van der Waals surface area (Å²) in [5.74, 6) is 0.880. The Morgan fingerprint density at radius 3 is 2.68 bits per heavy atom. The molecule has 0 spiro atoms. The number of nitrogens with one attached hydrogen (secondary N) is 1. The molecule has 0 unspecified atom stereocenters. The Balaban J connectivity index is 1.78. The van der Waals surface area contributed by atoms with Gasteiger partial charge in [0, 0.05) is 27.8 Å². The van der Waals surface area contributed by atoms with Gasteiger partial charge < -0.3 is 10.1 Å². The van der Waals surface area contributed by atoms with Crippen LogP contribution in [0.4, 0.5) is 0 Å². The fourth-order valence-electron chi connectivity index (χ4n) is 1.64. The predicted molar refractivity (Wildman–Crippen MR) is 84.7 cm³/mol. The van der Waals surface area contributed by atoms with Crippen LogP contribution in [-0.4, -0.2) is 6.61 Å². The van der Waals surface area contributed by atoms with Gasteiger partial charge >= 0.3 is 0 Å². The fourth-order valence-corrected chi connectivity index (χ4v) is 3.06. The summed E-state index contributed by atoms with van der Waals surface area (Å²) in [6.07, 6.45) is 1.74. The summed E-state index contributed by atoms with van der Waals surface area (Å²) in [6.45, 7) is 5.93. The van der Waals surface area contributed by atoms with Crippen LogP contribution in [0, 0.1) is 0 Å². The van der Waals surface area contributed by atoms with Gasteiger partial charge in [-0.2, -0.15) is 0 Å². The number of hydrogen-bond acceptors (Lipinski definition) is 3. The molecule has 1 heterocycles. The van der Waals surface area contributed by atoms with Gasteiger partial charge in [-0.3, -0.25) is 0 Å². The molecule has 2 nitrogen and oxygen atoms in total. The Bertz CT molecular complexity index is 521. The maximum atomic E-state index is 5.44. The molecule has 1 aromatic carbocycles. The monoisotopic (exact) mass is 337 g/mol. The minimum absolute atomic E-state index is 0.546. The molecule has 0 fully saturated rings. The van der Waals surface area contributed by atoms with Gasteiger partial charge in [0.1, 0.15) is 12.4 Å². The Kier molecular flexibility index (Phi) is 5.63. The van der Waals surface area contributed by atoms with Gasteiger partial charge in [0.25, 0.3) is 0 Å². The zero-order valence-corrected chi connectivity index (χ0v) is 13.0. The van der Waals surface area contributed by atoms with E-state index in [0.717, 1.165) is 23.3 Å². The van der Waals surface area contributed by atoms with E-state index in [1.54, 1.807) is 17.4 Å². The molecule has 100 valence electrons. The lowest BCUT2D eigenvalue weighted by Gasteiger charge is -2.06. The van der Waals surface area contributed by atoms with E-state index >= 15 is 0 Å². The molecule has 0 amide bonds. The summed E-state index contributed by atoms with van der Waals surface area (Å²) >= 11 is 5.22. The van der Waals surface area contributed by atoms with Crippen LogP contribution >= 0.6 is 27.3 Å². The van der Waals surface area contributed by atoms with Crippen LogP contribution in [0.1, 0.15) is 10.4 Å². The molecule has 19 heavy (non-hydrogen) atoms. The van der Waals surface area contributed by atoms with Crippen LogP contribution in [0.15, 0.2) is 52.8 Å². The van der Waals surface area contributed by atoms with Gasteiger partial charge in [-0.05, 0) is 39.7 Å². The minimum Gasteiger partial charge on any atom is -0.490 e. The number of benzene rings is 1. The number of hydrogen-bond donors (Lipinski definition) is 1. The van der Waals surface area contributed by atoms with Crippen molar-refractivity contribution in [3.05, 3.63) is 63.3 Å². The molecule has 2 aromatic rings. The van der Waals surface area contributed by atoms with Crippen LogP contribution < -0.4 is 10.1 Å². The van der Waals surface area contributed by atoms with Crippen molar-refractivity contribution in [1.82, 2.24) is 5.32 Å². The first-order valence-corrected chi connectivity index (χ1v) is 7.71. The highest BCUT2D eigenvalue weighted by molar-refractivity contribution is 9.10. The maximum Gasteiger partial charge on any atom is 0.119 e. The molecule has 1 N–H and O–H groups in total. The van der Waals surface area contributed by atoms with E-state index in [4.69, 9.17) is 4.74 Å². The van der Waals surface area contributed by atoms with E-state index in [1.807, 2.05) is 12.1 Å². The quantitative estimate of drug-likeness (QED) is 0.757. The van der Waals surface area contributed by atoms with Gasteiger partial charge in [0.05, 0.1) is 0 Å². The normalized spacial score (nSPS) is 10.4. The average molecular weight is 338 g/mol. The molecule has 0 aliphatic heterocycles. The lowest BCUT2D eigenvalue weighted by Crippen LogP contribution is -2.11. The van der Waals surface area contributed by atoms with E-state index in [-0.39, 0.29) is 0 Å². The second-order valence-corrected chi connectivity index (χ2v) is 5.99. The lowest BCUT2D eigenvalue weighted by atomic mass is 10.2. The SMILES string of the molecule is C=CCOc1ccc(CNCc2cc(Br)cs2)cc1. The largest absolute Gasteiger partial charge is 0.490 e. The standard InChI is InChI=1S/C15H16BrNOS/c1-2-7-18-14-5-3-12(4-6-14)9-17-10-15-8-13(16)11-19-15/h2-6,8,11,17H,1,7,9-10H2. The predicted octanol–water partition coefficient (Wildman–Crippen LogP) is 4.37. The lowest BCUT2D eigenvalue weighted by molar-refractivity contribution is 0.363. The van der Waals surface area contributed by atoms with E-state index < -0.39 is 0 Å². The zero-order chi connectivity index (χ0) is 13.5. The summed E-state index contributed by atoms with van der Waals surface area (Å²) < 4.78 is 6.60. The van der Waals surface area contributed by atoms with Gasteiger partial charge in [0.2, 0.25) is 0 Å². The Morgan fingerprint density at radius 1 is 1.26 bits per heavy atom. The van der Waals surface area contributed by atoms with Gasteiger partial charge in [-0.15, -0.1) is 11.3 Å². The molecule has 0 bridgehead atoms. The topological polar surface area (TPSA) is 21.3 Å². The first-order chi connectivity index (χ1) is 9.28. The van der Waals surface area contributed by atoms with Crippen molar-refractivity contribution in [1.29, 1.82) is 0 Å². The summed E-state index contributed by atoms with van der Waals surface area (Å²) in [6, 6.07) is 10.3. The van der Waals surface area contributed by atoms with Crippen molar-refractivity contribution in [2.75, 3.05) is 6.61 Å². The smallest absolute Gasteiger partial charge is 0.119 e. The van der Waals surface area contributed by atoms with Crippen LogP contribution in [0.25, 0.3) is 0 Å². The first kappa shape index (κ1) is 14.3. The van der Waals surface area contributed by atoms with Crippen molar-refractivity contribution in [2.24, 2.45) is 0 Å². The van der Waals surface area contributed by atoms with Crippen molar-refractivity contribution in [3.8, 4) is 5.75 Å². The molecular formula is C15H16BrNOS. The highest BCUT2D eigenvalue weighted by Gasteiger charge is 1.98.